The van der Waals surface area contributed by atoms with E-state index in [9.17, 15) is 4.79 Å². The number of carbonyl (C=O) groups is 1. The number of benzene rings is 1. The molecule has 1 saturated carbocycles. The molecule has 3 rings (SSSR count). The van der Waals surface area contributed by atoms with Gasteiger partial charge in [0.05, 0.1) is 11.7 Å². The Balaban J connectivity index is 1.78. The standard InChI is InChI=1S/C18H27N3O/c1-14-13-18(19-16-9-5-3-6-10-16)21(15(2)22)20(14)17-11-7-4-8-12-17/h4,7-8,11-12,14,16,18-19H,3,5-6,9-10,13H2,1-2H3/t14-,18+/m0/s1. The van der Waals surface area contributed by atoms with E-state index < -0.39 is 0 Å². The van der Waals surface area contributed by atoms with Crippen LogP contribution >= 0.6 is 0 Å². The van der Waals surface area contributed by atoms with Gasteiger partial charge in [0.25, 0.3) is 0 Å². The molecule has 1 saturated heterocycles. The highest BCUT2D eigenvalue weighted by Crippen LogP contribution is 2.31. The van der Waals surface area contributed by atoms with Gasteiger partial charge in [0, 0.05) is 19.4 Å². The fraction of sp³-hybridized carbons (Fsp3) is 0.611. The van der Waals surface area contributed by atoms with Crippen molar-refractivity contribution in [2.45, 2.75) is 70.6 Å². The summed E-state index contributed by atoms with van der Waals surface area (Å²) in [6.07, 6.45) is 7.54. The second-order valence-electron chi connectivity index (χ2n) is 6.65. The van der Waals surface area contributed by atoms with Crippen molar-refractivity contribution in [2.75, 3.05) is 5.01 Å². The first-order valence-corrected chi connectivity index (χ1v) is 8.57. The van der Waals surface area contributed by atoms with E-state index in [0.29, 0.717) is 12.1 Å². The predicted molar refractivity (Wildman–Crippen MR) is 89.3 cm³/mol. The van der Waals surface area contributed by atoms with Crippen LogP contribution < -0.4 is 10.3 Å². The third-order valence-electron chi connectivity index (χ3n) is 4.89. The summed E-state index contributed by atoms with van der Waals surface area (Å²) in [6, 6.07) is 11.1. The molecule has 1 heterocycles. The first kappa shape index (κ1) is 15.3. The fourth-order valence-corrected chi connectivity index (χ4v) is 3.90. The molecule has 0 spiro atoms. The molecule has 1 amide bonds. The van der Waals surface area contributed by atoms with Gasteiger partial charge in [-0.2, -0.15) is 0 Å². The maximum Gasteiger partial charge on any atom is 0.239 e. The number of anilines is 1. The zero-order valence-corrected chi connectivity index (χ0v) is 13.7. The molecule has 2 fully saturated rings. The van der Waals surface area contributed by atoms with Gasteiger partial charge < -0.3 is 0 Å². The zero-order valence-electron chi connectivity index (χ0n) is 13.7. The number of hydrogen-bond donors (Lipinski definition) is 1. The molecule has 0 radical (unpaired) electrons. The molecule has 0 aromatic heterocycles. The third-order valence-corrected chi connectivity index (χ3v) is 4.89. The Morgan fingerprint density at radius 1 is 1.14 bits per heavy atom. The topological polar surface area (TPSA) is 35.6 Å². The summed E-state index contributed by atoms with van der Waals surface area (Å²) >= 11 is 0. The van der Waals surface area contributed by atoms with Crippen molar-refractivity contribution in [1.29, 1.82) is 0 Å². The van der Waals surface area contributed by atoms with Gasteiger partial charge in [-0.3, -0.25) is 15.1 Å². The van der Waals surface area contributed by atoms with E-state index in [1.165, 1.54) is 32.1 Å². The first-order chi connectivity index (χ1) is 10.7. The number of carbonyl (C=O) groups excluding carboxylic acids is 1. The number of hydrazine groups is 1. The Labute approximate surface area is 133 Å². The van der Waals surface area contributed by atoms with Crippen LogP contribution in [0, 0.1) is 0 Å². The van der Waals surface area contributed by atoms with Crippen LogP contribution in [0.2, 0.25) is 0 Å². The van der Waals surface area contributed by atoms with Crippen molar-refractivity contribution in [1.82, 2.24) is 10.3 Å². The van der Waals surface area contributed by atoms with E-state index in [-0.39, 0.29) is 12.1 Å². The molecule has 1 aliphatic heterocycles. The molecule has 120 valence electrons. The maximum absolute atomic E-state index is 12.3. The van der Waals surface area contributed by atoms with Crippen molar-refractivity contribution in [3.8, 4) is 0 Å². The van der Waals surface area contributed by atoms with Gasteiger partial charge in [-0.1, -0.05) is 37.5 Å². The number of rotatable bonds is 3. The largest absolute Gasteiger partial charge is 0.293 e. The fourth-order valence-electron chi connectivity index (χ4n) is 3.90. The summed E-state index contributed by atoms with van der Waals surface area (Å²) in [4.78, 5) is 12.3. The number of hydrogen-bond acceptors (Lipinski definition) is 3. The van der Waals surface area contributed by atoms with Crippen LogP contribution in [0.5, 0.6) is 0 Å². The predicted octanol–water partition coefficient (Wildman–Crippen LogP) is 3.30. The number of nitrogens with one attached hydrogen (secondary N) is 1. The molecule has 4 nitrogen and oxygen atoms in total. The summed E-state index contributed by atoms with van der Waals surface area (Å²) in [6.45, 7) is 3.87. The van der Waals surface area contributed by atoms with Gasteiger partial charge >= 0.3 is 0 Å². The van der Waals surface area contributed by atoms with Gasteiger partial charge in [0.1, 0.15) is 6.17 Å². The van der Waals surface area contributed by atoms with Crippen LogP contribution in [0.1, 0.15) is 52.4 Å². The molecule has 1 N–H and O–H groups in total. The Hall–Kier alpha value is -1.55. The molecule has 1 aromatic rings. The summed E-state index contributed by atoms with van der Waals surface area (Å²) in [5, 5.41) is 7.82. The van der Waals surface area contributed by atoms with Gasteiger partial charge in [0.15, 0.2) is 0 Å². The highest BCUT2D eigenvalue weighted by molar-refractivity contribution is 5.76. The minimum Gasteiger partial charge on any atom is -0.293 e. The van der Waals surface area contributed by atoms with Crippen molar-refractivity contribution in [3.63, 3.8) is 0 Å². The Bertz CT molecular complexity index is 498. The van der Waals surface area contributed by atoms with Crippen LogP contribution in [0.15, 0.2) is 30.3 Å². The average molecular weight is 301 g/mol. The van der Waals surface area contributed by atoms with Gasteiger partial charge in [-0.25, -0.2) is 5.01 Å². The van der Waals surface area contributed by atoms with E-state index in [4.69, 9.17) is 0 Å². The van der Waals surface area contributed by atoms with Gasteiger partial charge in [-0.05, 0) is 31.9 Å². The molecule has 2 aliphatic rings. The van der Waals surface area contributed by atoms with Crippen LogP contribution in [0.25, 0.3) is 0 Å². The molecular formula is C18H27N3O. The molecule has 2 atom stereocenters. The molecular weight excluding hydrogens is 274 g/mol. The van der Waals surface area contributed by atoms with E-state index >= 15 is 0 Å². The number of nitrogens with zero attached hydrogens (tertiary/aromatic N) is 2. The van der Waals surface area contributed by atoms with E-state index in [2.05, 4.69) is 29.4 Å². The Morgan fingerprint density at radius 3 is 2.45 bits per heavy atom. The quantitative estimate of drug-likeness (QED) is 0.930. The van der Waals surface area contributed by atoms with Crippen LogP contribution in [0.4, 0.5) is 5.69 Å². The van der Waals surface area contributed by atoms with Crippen LogP contribution in [-0.4, -0.2) is 29.2 Å². The zero-order chi connectivity index (χ0) is 15.5. The smallest absolute Gasteiger partial charge is 0.239 e. The van der Waals surface area contributed by atoms with E-state index in [1.54, 1.807) is 6.92 Å². The average Bonchev–Trinajstić information content (AvgIpc) is 2.85. The van der Waals surface area contributed by atoms with Crippen molar-refractivity contribution in [3.05, 3.63) is 30.3 Å². The summed E-state index contributed by atoms with van der Waals surface area (Å²) in [7, 11) is 0. The lowest BCUT2D eigenvalue weighted by Gasteiger charge is -2.36. The molecule has 4 heteroatoms. The lowest BCUT2D eigenvalue weighted by molar-refractivity contribution is -0.131. The van der Waals surface area contributed by atoms with E-state index in [1.807, 2.05) is 23.2 Å². The van der Waals surface area contributed by atoms with Gasteiger partial charge in [0.2, 0.25) is 5.91 Å². The molecule has 1 aliphatic carbocycles. The van der Waals surface area contributed by atoms with Gasteiger partial charge in [-0.15, -0.1) is 0 Å². The number of para-hydroxylation sites is 1. The second-order valence-corrected chi connectivity index (χ2v) is 6.65. The van der Waals surface area contributed by atoms with Crippen molar-refractivity contribution >= 4 is 11.6 Å². The van der Waals surface area contributed by atoms with E-state index in [0.717, 1.165) is 12.1 Å². The van der Waals surface area contributed by atoms with Crippen LogP contribution in [0.3, 0.4) is 0 Å². The van der Waals surface area contributed by atoms with Crippen molar-refractivity contribution < 1.29 is 4.79 Å². The molecule has 0 bridgehead atoms. The molecule has 0 unspecified atom stereocenters. The SMILES string of the molecule is CC(=O)N1[C@@H](NC2CCCCC2)C[C@H](C)N1c1ccccc1. The third kappa shape index (κ3) is 3.12. The summed E-state index contributed by atoms with van der Waals surface area (Å²) in [5.41, 5.74) is 1.10. The lowest BCUT2D eigenvalue weighted by Crippen LogP contribution is -2.53. The molecule has 22 heavy (non-hydrogen) atoms. The normalized spacial score (nSPS) is 26.5. The first-order valence-electron chi connectivity index (χ1n) is 8.57. The maximum atomic E-state index is 12.3. The minimum absolute atomic E-state index is 0.113. The molecule has 1 aromatic carbocycles. The summed E-state index contributed by atoms with van der Waals surface area (Å²) < 4.78 is 0. The monoisotopic (exact) mass is 301 g/mol. The highest BCUT2D eigenvalue weighted by Gasteiger charge is 2.39. The lowest BCUT2D eigenvalue weighted by atomic mass is 9.95. The van der Waals surface area contributed by atoms with Crippen molar-refractivity contribution in [2.24, 2.45) is 0 Å². The minimum atomic E-state index is 0.113. The van der Waals surface area contributed by atoms with Crippen LogP contribution in [-0.2, 0) is 4.79 Å². The Kier molecular flexibility index (Phi) is 4.67. The summed E-state index contributed by atoms with van der Waals surface area (Å²) in [5.74, 6) is 0.113. The number of amides is 1. The second kappa shape index (κ2) is 6.69. The highest BCUT2D eigenvalue weighted by atomic mass is 16.2. The Morgan fingerprint density at radius 2 is 1.82 bits per heavy atom.